The summed E-state index contributed by atoms with van der Waals surface area (Å²) in [6.07, 6.45) is 1.16. The average molecular weight is 253 g/mol. The maximum absolute atomic E-state index is 12.8. The van der Waals surface area contributed by atoms with E-state index in [0.717, 1.165) is 6.20 Å². The highest BCUT2D eigenvalue weighted by molar-refractivity contribution is 5.84. The zero-order valence-corrected chi connectivity index (χ0v) is 11.2. The molecule has 100 valence electrons. The van der Waals surface area contributed by atoms with E-state index in [1.54, 1.807) is 13.0 Å². The largest absolute Gasteiger partial charge is 0.368 e. The Morgan fingerprint density at radius 2 is 2.06 bits per heavy atom. The molecule has 2 unspecified atom stereocenters. The highest BCUT2D eigenvalue weighted by atomic mass is 19.1. The van der Waals surface area contributed by atoms with Gasteiger partial charge >= 0.3 is 0 Å². The molecule has 1 aromatic rings. The maximum atomic E-state index is 12.8. The Labute approximate surface area is 107 Å². The molecule has 0 saturated heterocycles. The summed E-state index contributed by atoms with van der Waals surface area (Å²) in [7, 11) is 0. The fraction of sp³-hybridized carbons (Fsp3) is 0.538. The molecule has 2 atom stereocenters. The normalized spacial score (nSPS) is 16.3. The van der Waals surface area contributed by atoms with Gasteiger partial charge in [0.15, 0.2) is 0 Å². The second-order valence-electron chi connectivity index (χ2n) is 4.99. The van der Waals surface area contributed by atoms with Gasteiger partial charge in [-0.2, -0.15) is 0 Å². The molecule has 4 nitrogen and oxygen atoms in total. The third kappa shape index (κ3) is 3.04. The molecule has 1 rings (SSSR count). The van der Waals surface area contributed by atoms with Crippen molar-refractivity contribution < 1.29 is 9.18 Å². The fourth-order valence-corrected chi connectivity index (χ4v) is 1.69. The average Bonchev–Trinajstić information content (AvgIpc) is 2.29. The van der Waals surface area contributed by atoms with E-state index >= 15 is 0 Å². The van der Waals surface area contributed by atoms with Crippen LogP contribution >= 0.6 is 0 Å². The summed E-state index contributed by atoms with van der Waals surface area (Å²) >= 11 is 0. The molecule has 1 aromatic heterocycles. The van der Waals surface area contributed by atoms with Gasteiger partial charge in [-0.15, -0.1) is 0 Å². The van der Waals surface area contributed by atoms with Crippen molar-refractivity contribution >= 4 is 5.91 Å². The number of nitrogens with one attached hydrogen (secondary N) is 1. The third-order valence-corrected chi connectivity index (χ3v) is 3.38. The van der Waals surface area contributed by atoms with E-state index in [1.807, 2.05) is 20.8 Å². The molecule has 0 aliphatic rings. The number of primary amides is 1. The number of hydrogen-bond donors (Lipinski definition) is 2. The number of halogens is 1. The Morgan fingerprint density at radius 3 is 2.44 bits per heavy atom. The molecular formula is C13H20FN3O. The van der Waals surface area contributed by atoms with Crippen LogP contribution in [0.2, 0.25) is 0 Å². The third-order valence-electron chi connectivity index (χ3n) is 3.38. The van der Waals surface area contributed by atoms with Crippen LogP contribution in [0.25, 0.3) is 0 Å². The van der Waals surface area contributed by atoms with Crippen molar-refractivity contribution in [2.75, 3.05) is 0 Å². The van der Waals surface area contributed by atoms with E-state index < -0.39 is 11.4 Å². The molecule has 0 bridgehead atoms. The van der Waals surface area contributed by atoms with E-state index in [4.69, 9.17) is 5.73 Å². The Hall–Kier alpha value is -1.49. The molecule has 3 N–H and O–H groups in total. The smallest absolute Gasteiger partial charge is 0.237 e. The quantitative estimate of drug-likeness (QED) is 0.840. The van der Waals surface area contributed by atoms with E-state index in [0.29, 0.717) is 5.69 Å². The van der Waals surface area contributed by atoms with Crippen LogP contribution in [0.1, 0.15) is 39.4 Å². The van der Waals surface area contributed by atoms with Crippen molar-refractivity contribution in [3.63, 3.8) is 0 Å². The summed E-state index contributed by atoms with van der Waals surface area (Å²) in [5.41, 5.74) is 5.29. The summed E-state index contributed by atoms with van der Waals surface area (Å²) in [5, 5.41) is 3.17. The fourth-order valence-electron chi connectivity index (χ4n) is 1.69. The van der Waals surface area contributed by atoms with Crippen molar-refractivity contribution in [1.29, 1.82) is 0 Å². The van der Waals surface area contributed by atoms with E-state index in [-0.39, 0.29) is 17.8 Å². The molecule has 0 aromatic carbocycles. The zero-order chi connectivity index (χ0) is 13.9. The number of nitrogens with two attached hydrogens (primary N) is 1. The lowest BCUT2D eigenvalue weighted by Gasteiger charge is -2.34. The minimum absolute atomic E-state index is 0.0397. The minimum Gasteiger partial charge on any atom is -0.368 e. The van der Waals surface area contributed by atoms with Crippen LogP contribution in [0.4, 0.5) is 4.39 Å². The number of rotatable bonds is 5. The predicted octanol–water partition coefficient (Wildman–Crippen LogP) is 1.77. The second kappa shape index (κ2) is 5.44. The van der Waals surface area contributed by atoms with Gasteiger partial charge in [0, 0.05) is 6.04 Å². The highest BCUT2D eigenvalue weighted by Crippen LogP contribution is 2.21. The number of aromatic nitrogens is 1. The Bertz CT molecular complexity index is 419. The van der Waals surface area contributed by atoms with Gasteiger partial charge < -0.3 is 5.73 Å². The Balaban J connectivity index is 2.88. The van der Waals surface area contributed by atoms with Crippen LogP contribution < -0.4 is 11.1 Å². The molecule has 0 aliphatic carbocycles. The lowest BCUT2D eigenvalue weighted by Crippen LogP contribution is -2.57. The lowest BCUT2D eigenvalue weighted by atomic mass is 9.86. The molecule has 0 saturated carbocycles. The van der Waals surface area contributed by atoms with Gasteiger partial charge in [0.2, 0.25) is 5.91 Å². The summed E-state index contributed by atoms with van der Waals surface area (Å²) in [4.78, 5) is 15.6. The maximum Gasteiger partial charge on any atom is 0.237 e. The van der Waals surface area contributed by atoms with Crippen molar-refractivity contribution in [1.82, 2.24) is 10.3 Å². The number of hydrogen-bond acceptors (Lipinski definition) is 3. The van der Waals surface area contributed by atoms with Crippen LogP contribution in [0.15, 0.2) is 18.3 Å². The first-order chi connectivity index (χ1) is 8.27. The molecule has 1 heterocycles. The van der Waals surface area contributed by atoms with Gasteiger partial charge in [-0.1, -0.05) is 13.8 Å². The van der Waals surface area contributed by atoms with Gasteiger partial charge in [-0.3, -0.25) is 15.1 Å². The van der Waals surface area contributed by atoms with Crippen molar-refractivity contribution in [3.05, 3.63) is 29.8 Å². The van der Waals surface area contributed by atoms with Gasteiger partial charge in [0.05, 0.1) is 17.4 Å². The molecular weight excluding hydrogens is 233 g/mol. The summed E-state index contributed by atoms with van der Waals surface area (Å²) in [6.45, 7) is 7.47. The van der Waals surface area contributed by atoms with Crippen LogP contribution in [0.5, 0.6) is 0 Å². The molecule has 5 heteroatoms. The first-order valence-electron chi connectivity index (χ1n) is 5.96. The Kier molecular flexibility index (Phi) is 4.40. The summed E-state index contributed by atoms with van der Waals surface area (Å²) in [6, 6.07) is 2.75. The highest BCUT2D eigenvalue weighted by Gasteiger charge is 2.36. The van der Waals surface area contributed by atoms with Crippen molar-refractivity contribution in [2.45, 2.75) is 39.3 Å². The molecule has 18 heavy (non-hydrogen) atoms. The summed E-state index contributed by atoms with van der Waals surface area (Å²) < 4.78 is 12.8. The van der Waals surface area contributed by atoms with Crippen molar-refractivity contribution in [2.24, 2.45) is 11.7 Å². The second-order valence-corrected chi connectivity index (χ2v) is 4.99. The Morgan fingerprint density at radius 1 is 1.44 bits per heavy atom. The number of carbonyl (C=O) groups excluding carboxylic acids is 1. The standard InChI is InChI=1S/C13H20FN3O/c1-8(2)13(4,12(15)18)17-9(3)11-6-5-10(14)7-16-11/h5-9,17H,1-4H3,(H2,15,18). The molecule has 0 radical (unpaired) electrons. The zero-order valence-electron chi connectivity index (χ0n) is 11.2. The predicted molar refractivity (Wildman–Crippen MR) is 68.2 cm³/mol. The number of amides is 1. The van der Waals surface area contributed by atoms with Gasteiger partial charge in [-0.05, 0) is 31.9 Å². The first-order valence-corrected chi connectivity index (χ1v) is 5.96. The SMILES string of the molecule is CC(NC(C)(C(N)=O)C(C)C)c1ccc(F)cn1. The molecule has 1 amide bonds. The molecule has 0 spiro atoms. The molecule has 0 aliphatic heterocycles. The van der Waals surface area contributed by atoms with Gasteiger partial charge in [0.25, 0.3) is 0 Å². The number of carbonyl (C=O) groups is 1. The molecule has 0 fully saturated rings. The van der Waals surface area contributed by atoms with E-state index in [9.17, 15) is 9.18 Å². The van der Waals surface area contributed by atoms with E-state index in [2.05, 4.69) is 10.3 Å². The van der Waals surface area contributed by atoms with Crippen LogP contribution in [-0.4, -0.2) is 16.4 Å². The minimum atomic E-state index is -0.824. The number of nitrogens with zero attached hydrogens (tertiary/aromatic N) is 1. The van der Waals surface area contributed by atoms with E-state index in [1.165, 1.54) is 6.07 Å². The van der Waals surface area contributed by atoms with Crippen LogP contribution in [0, 0.1) is 11.7 Å². The summed E-state index contributed by atoms with van der Waals surface area (Å²) in [5.74, 6) is -0.753. The topological polar surface area (TPSA) is 68.0 Å². The first kappa shape index (κ1) is 14.6. The number of pyridine rings is 1. The van der Waals surface area contributed by atoms with Crippen LogP contribution in [-0.2, 0) is 4.79 Å². The van der Waals surface area contributed by atoms with Crippen molar-refractivity contribution in [3.8, 4) is 0 Å². The monoisotopic (exact) mass is 253 g/mol. The lowest BCUT2D eigenvalue weighted by molar-refractivity contribution is -0.125. The van der Waals surface area contributed by atoms with Gasteiger partial charge in [0.1, 0.15) is 5.82 Å². The van der Waals surface area contributed by atoms with Gasteiger partial charge in [-0.25, -0.2) is 4.39 Å². The van der Waals surface area contributed by atoms with Crippen LogP contribution in [0.3, 0.4) is 0 Å².